The smallest absolute Gasteiger partial charge is 0.274 e. The number of hydrogen-bond donors (Lipinski definition) is 0. The number of hydrogen-bond acceptors (Lipinski definition) is 3. The lowest BCUT2D eigenvalue weighted by Gasteiger charge is -2.14. The van der Waals surface area contributed by atoms with Crippen LogP contribution in [-0.2, 0) is 0 Å². The van der Waals surface area contributed by atoms with E-state index in [9.17, 15) is 4.79 Å². The van der Waals surface area contributed by atoms with Crippen LogP contribution in [0, 0.1) is 0 Å². The van der Waals surface area contributed by atoms with Crippen LogP contribution in [0.25, 0.3) is 5.52 Å². The van der Waals surface area contributed by atoms with Crippen molar-refractivity contribution in [3.63, 3.8) is 0 Å². The van der Waals surface area contributed by atoms with E-state index < -0.39 is 0 Å². The lowest BCUT2D eigenvalue weighted by Crippen LogP contribution is -2.29. The fourth-order valence-corrected chi connectivity index (χ4v) is 3.70. The number of amides is 1. The van der Waals surface area contributed by atoms with Crippen molar-refractivity contribution in [2.45, 2.75) is 31.1 Å². The summed E-state index contributed by atoms with van der Waals surface area (Å²) in [6.45, 7) is 1.46. The van der Waals surface area contributed by atoms with Crippen LogP contribution >= 0.6 is 0 Å². The van der Waals surface area contributed by atoms with Crippen LogP contribution in [0.5, 0.6) is 0 Å². The number of furan rings is 1. The van der Waals surface area contributed by atoms with Gasteiger partial charge < -0.3 is 13.7 Å². The summed E-state index contributed by atoms with van der Waals surface area (Å²) in [4.78, 5) is 19.7. The van der Waals surface area contributed by atoms with E-state index in [1.54, 1.807) is 6.26 Å². The molecule has 5 nitrogen and oxygen atoms in total. The predicted octanol–water partition coefficient (Wildman–Crippen LogP) is 3.43. The van der Waals surface area contributed by atoms with Crippen LogP contribution in [0.3, 0.4) is 0 Å². The molecule has 0 spiro atoms. The standard InChI is InChI=1S/C19H19N3O2/c23-19(21-10-8-14(12-21)16-5-3-11-24-16)17-15-4-1-2-9-22(15)18(20-17)13-6-7-13/h1-5,9,11,13-14H,6-8,10,12H2. The summed E-state index contributed by atoms with van der Waals surface area (Å²) < 4.78 is 7.60. The van der Waals surface area contributed by atoms with Gasteiger partial charge >= 0.3 is 0 Å². The second kappa shape index (κ2) is 5.23. The predicted molar refractivity (Wildman–Crippen MR) is 89.1 cm³/mol. The highest BCUT2D eigenvalue weighted by molar-refractivity contribution is 5.99. The summed E-state index contributed by atoms with van der Waals surface area (Å²) >= 11 is 0. The molecule has 0 bridgehead atoms. The Hall–Kier alpha value is -2.56. The molecule has 1 unspecified atom stereocenters. The molecule has 1 aliphatic heterocycles. The van der Waals surface area contributed by atoms with E-state index in [0.717, 1.165) is 30.1 Å². The Balaban J connectivity index is 1.46. The van der Waals surface area contributed by atoms with Crippen LogP contribution in [0.4, 0.5) is 0 Å². The molecule has 5 heteroatoms. The molecular formula is C19H19N3O2. The molecule has 1 saturated heterocycles. The highest BCUT2D eigenvalue weighted by Crippen LogP contribution is 2.40. The number of imidazole rings is 1. The largest absolute Gasteiger partial charge is 0.469 e. The number of fused-ring (bicyclic) bond motifs is 1. The van der Waals surface area contributed by atoms with Crippen LogP contribution in [-0.4, -0.2) is 33.3 Å². The Morgan fingerprint density at radius 3 is 2.83 bits per heavy atom. The number of rotatable bonds is 3. The molecule has 2 fully saturated rings. The minimum atomic E-state index is 0.0413. The van der Waals surface area contributed by atoms with E-state index >= 15 is 0 Å². The van der Waals surface area contributed by atoms with Gasteiger partial charge in [0.25, 0.3) is 5.91 Å². The summed E-state index contributed by atoms with van der Waals surface area (Å²) in [5, 5.41) is 0. The summed E-state index contributed by atoms with van der Waals surface area (Å²) in [6, 6.07) is 9.87. The second-order valence-corrected chi connectivity index (χ2v) is 6.80. The highest BCUT2D eigenvalue weighted by atomic mass is 16.3. The lowest BCUT2D eigenvalue weighted by atomic mass is 10.1. The molecule has 2 aliphatic rings. The monoisotopic (exact) mass is 321 g/mol. The maximum absolute atomic E-state index is 13.1. The first-order valence-corrected chi connectivity index (χ1v) is 8.61. The molecule has 4 heterocycles. The van der Waals surface area contributed by atoms with E-state index in [2.05, 4.69) is 4.40 Å². The number of likely N-dealkylation sites (tertiary alicyclic amines) is 1. The van der Waals surface area contributed by atoms with Gasteiger partial charge in [-0.05, 0) is 43.5 Å². The van der Waals surface area contributed by atoms with Crippen molar-refractivity contribution in [3.8, 4) is 0 Å². The molecule has 5 rings (SSSR count). The van der Waals surface area contributed by atoms with E-state index in [0.29, 0.717) is 24.1 Å². The van der Waals surface area contributed by atoms with Crippen molar-refractivity contribution < 1.29 is 9.21 Å². The molecule has 0 aromatic carbocycles. The van der Waals surface area contributed by atoms with Crippen molar-refractivity contribution in [1.29, 1.82) is 0 Å². The molecular weight excluding hydrogens is 302 g/mol. The molecule has 0 N–H and O–H groups in total. The molecule has 122 valence electrons. The summed E-state index contributed by atoms with van der Waals surface area (Å²) in [6.07, 6.45) is 7.01. The first-order chi connectivity index (χ1) is 11.8. The molecule has 3 aromatic rings. The first kappa shape index (κ1) is 13.8. The number of carbonyl (C=O) groups excluding carboxylic acids is 1. The summed E-state index contributed by atoms with van der Waals surface area (Å²) in [5.74, 6) is 2.85. The van der Waals surface area contributed by atoms with Crippen LogP contribution in [0.2, 0.25) is 0 Å². The topological polar surface area (TPSA) is 50.8 Å². The lowest BCUT2D eigenvalue weighted by molar-refractivity contribution is 0.0786. The van der Waals surface area contributed by atoms with Gasteiger partial charge in [0.1, 0.15) is 11.6 Å². The van der Waals surface area contributed by atoms with Gasteiger partial charge in [-0.2, -0.15) is 0 Å². The average molecular weight is 321 g/mol. The van der Waals surface area contributed by atoms with Gasteiger partial charge in [-0.1, -0.05) is 6.07 Å². The Kier molecular flexibility index (Phi) is 3.01. The number of carbonyl (C=O) groups is 1. The maximum atomic E-state index is 13.1. The Morgan fingerprint density at radius 1 is 1.12 bits per heavy atom. The zero-order valence-corrected chi connectivity index (χ0v) is 13.4. The van der Waals surface area contributed by atoms with Gasteiger partial charge in [0.15, 0.2) is 5.69 Å². The minimum absolute atomic E-state index is 0.0413. The maximum Gasteiger partial charge on any atom is 0.274 e. The zero-order chi connectivity index (χ0) is 16.1. The molecule has 3 aromatic heterocycles. The van der Waals surface area contributed by atoms with Gasteiger partial charge in [-0.15, -0.1) is 0 Å². The third kappa shape index (κ3) is 2.15. The van der Waals surface area contributed by atoms with Gasteiger partial charge in [-0.25, -0.2) is 4.98 Å². The number of aromatic nitrogens is 2. The summed E-state index contributed by atoms with van der Waals surface area (Å²) in [5.41, 5.74) is 1.52. The third-order valence-corrected chi connectivity index (χ3v) is 5.14. The van der Waals surface area contributed by atoms with Crippen molar-refractivity contribution in [2.24, 2.45) is 0 Å². The normalized spacial score (nSPS) is 20.8. The second-order valence-electron chi connectivity index (χ2n) is 6.80. The van der Waals surface area contributed by atoms with Crippen molar-refractivity contribution in [2.75, 3.05) is 13.1 Å². The van der Waals surface area contributed by atoms with E-state index in [1.807, 2.05) is 41.4 Å². The number of pyridine rings is 1. The average Bonchev–Trinajstić information content (AvgIpc) is 3.07. The highest BCUT2D eigenvalue weighted by Gasteiger charge is 2.34. The molecule has 1 saturated carbocycles. The van der Waals surface area contributed by atoms with Gasteiger partial charge in [0.2, 0.25) is 0 Å². The van der Waals surface area contributed by atoms with Crippen molar-refractivity contribution in [1.82, 2.24) is 14.3 Å². The van der Waals surface area contributed by atoms with Crippen molar-refractivity contribution in [3.05, 3.63) is 60.1 Å². The fourth-order valence-electron chi connectivity index (χ4n) is 3.70. The minimum Gasteiger partial charge on any atom is -0.469 e. The Morgan fingerprint density at radius 2 is 2.04 bits per heavy atom. The molecule has 24 heavy (non-hydrogen) atoms. The van der Waals surface area contributed by atoms with Crippen molar-refractivity contribution >= 4 is 11.4 Å². The SMILES string of the molecule is O=C(c1nc(C2CC2)n2ccccc12)N1CCC(c2ccco2)C1. The van der Waals surface area contributed by atoms with Crippen LogP contribution in [0.15, 0.2) is 47.2 Å². The van der Waals surface area contributed by atoms with E-state index in [4.69, 9.17) is 9.40 Å². The van der Waals surface area contributed by atoms with Gasteiger partial charge in [0.05, 0.1) is 11.8 Å². The molecule has 0 radical (unpaired) electrons. The van der Waals surface area contributed by atoms with E-state index in [1.165, 1.54) is 12.8 Å². The van der Waals surface area contributed by atoms with Crippen LogP contribution in [0.1, 0.15) is 53.2 Å². The third-order valence-electron chi connectivity index (χ3n) is 5.14. The molecule has 1 atom stereocenters. The number of nitrogens with zero attached hydrogens (tertiary/aromatic N) is 3. The zero-order valence-electron chi connectivity index (χ0n) is 13.4. The summed E-state index contributed by atoms with van der Waals surface area (Å²) in [7, 11) is 0. The van der Waals surface area contributed by atoms with Gasteiger partial charge in [0, 0.05) is 31.1 Å². The van der Waals surface area contributed by atoms with Crippen LogP contribution < -0.4 is 0 Å². The van der Waals surface area contributed by atoms with E-state index in [-0.39, 0.29) is 5.91 Å². The Bertz CT molecular complexity index is 893. The molecule has 1 amide bonds. The quantitative estimate of drug-likeness (QED) is 0.742. The Labute approximate surface area is 139 Å². The fraction of sp³-hybridized carbons (Fsp3) is 0.368. The van der Waals surface area contributed by atoms with Gasteiger partial charge in [-0.3, -0.25) is 4.79 Å². The first-order valence-electron chi connectivity index (χ1n) is 8.61. The molecule has 1 aliphatic carbocycles.